The first kappa shape index (κ1) is 14.7. The largest absolute Gasteiger partial charge is 0.478 e. The number of hydrogen-bond donors (Lipinski definition) is 1. The summed E-state index contributed by atoms with van der Waals surface area (Å²) in [5, 5.41) is 26.5. The molecule has 0 atom stereocenters. The third-order valence-corrected chi connectivity index (χ3v) is 3.08. The van der Waals surface area contributed by atoms with Gasteiger partial charge in [-0.2, -0.15) is 0 Å². The minimum atomic E-state index is -1.11. The van der Waals surface area contributed by atoms with Gasteiger partial charge in [0, 0.05) is 5.56 Å². The normalized spacial score (nSPS) is 11.0. The third-order valence-electron chi connectivity index (χ3n) is 2.75. The molecule has 1 N–H and O–H groups in total. The maximum absolute atomic E-state index is 11.1. The smallest absolute Gasteiger partial charge is 0.337 e. The molecule has 0 amide bonds. The fourth-order valence-electron chi connectivity index (χ4n) is 1.74. The Balaban J connectivity index is 1.78. The number of tetrazole rings is 1. The lowest BCUT2D eigenvalue weighted by Crippen LogP contribution is -1.97. The van der Waals surface area contributed by atoms with Crippen molar-refractivity contribution in [1.29, 1.82) is 0 Å². The lowest BCUT2D eigenvalue weighted by atomic mass is 10.1. The number of carboxylic acids is 1. The molecule has 10 heteroatoms. The number of rotatable bonds is 5. The number of carbonyl (C=O) groups is 1. The molecular formula is C13H7ClN6O3-2. The summed E-state index contributed by atoms with van der Waals surface area (Å²) in [5.41, 5.74) is 4.24. The van der Waals surface area contributed by atoms with Gasteiger partial charge in [-0.15, -0.1) is 5.95 Å². The fraction of sp³-hybridized carbons (Fsp3) is 0. The summed E-state index contributed by atoms with van der Waals surface area (Å²) >= 11 is 5.83. The van der Waals surface area contributed by atoms with Crippen molar-refractivity contribution in [3.8, 4) is 11.3 Å². The molecule has 0 aliphatic carbocycles. The van der Waals surface area contributed by atoms with Gasteiger partial charge in [0.1, 0.15) is 11.5 Å². The molecule has 0 radical (unpaired) electrons. The van der Waals surface area contributed by atoms with Crippen molar-refractivity contribution in [1.82, 2.24) is 20.6 Å². The van der Waals surface area contributed by atoms with Crippen molar-refractivity contribution in [3.63, 3.8) is 0 Å². The van der Waals surface area contributed by atoms with Gasteiger partial charge in [0.2, 0.25) is 0 Å². The number of carboxylic acid groups (broad SMARTS) is 1. The lowest BCUT2D eigenvalue weighted by molar-refractivity contribution is 0.0697. The standard InChI is InChI=1S/C13H8ClN6O3/c14-10-3-1-7(5-9(10)12(21)22)11-4-2-8(23-11)6-15-16-13-17-19-20-18-13/h1-6H,(H2-,16,17,18,19,20,21,22)/q-1/p-1/b15-6-. The van der Waals surface area contributed by atoms with Gasteiger partial charge in [0.05, 0.1) is 16.8 Å². The van der Waals surface area contributed by atoms with Gasteiger partial charge in [0.25, 0.3) is 0 Å². The number of benzene rings is 1. The lowest BCUT2D eigenvalue weighted by Gasteiger charge is -2.10. The maximum atomic E-state index is 11.1. The molecule has 9 nitrogen and oxygen atoms in total. The van der Waals surface area contributed by atoms with Crippen molar-refractivity contribution in [3.05, 3.63) is 52.1 Å². The van der Waals surface area contributed by atoms with Crippen LogP contribution < -0.4 is 5.10 Å². The highest BCUT2D eigenvalue weighted by molar-refractivity contribution is 6.33. The topological polar surface area (TPSA) is 130 Å². The van der Waals surface area contributed by atoms with E-state index >= 15 is 0 Å². The summed E-state index contributed by atoms with van der Waals surface area (Å²) in [5.74, 6) is -0.181. The summed E-state index contributed by atoms with van der Waals surface area (Å²) in [6.07, 6.45) is 1.36. The predicted molar refractivity (Wildman–Crippen MR) is 79.9 cm³/mol. The Bertz CT molecular complexity index is 858. The Morgan fingerprint density at radius 2 is 2.26 bits per heavy atom. The van der Waals surface area contributed by atoms with Crippen LogP contribution in [0, 0.1) is 0 Å². The van der Waals surface area contributed by atoms with E-state index in [1.54, 1.807) is 18.2 Å². The van der Waals surface area contributed by atoms with Crippen LogP contribution in [0.4, 0.5) is 5.95 Å². The van der Waals surface area contributed by atoms with Crippen LogP contribution in [0.3, 0.4) is 0 Å². The van der Waals surface area contributed by atoms with Gasteiger partial charge in [-0.05, 0) is 30.3 Å². The van der Waals surface area contributed by atoms with Crippen LogP contribution in [-0.2, 0) is 0 Å². The zero-order valence-corrected chi connectivity index (χ0v) is 12.0. The van der Waals surface area contributed by atoms with E-state index in [-0.39, 0.29) is 16.5 Å². The molecule has 3 aromatic rings. The number of hydrogen-bond acceptors (Lipinski definition) is 6. The predicted octanol–water partition coefficient (Wildman–Crippen LogP) is 2.48. The summed E-state index contributed by atoms with van der Waals surface area (Å²) < 4.78 is 5.55. The van der Waals surface area contributed by atoms with Crippen LogP contribution in [0.1, 0.15) is 16.1 Å². The van der Waals surface area contributed by atoms with Gasteiger partial charge >= 0.3 is 5.97 Å². The Morgan fingerprint density at radius 3 is 3.00 bits per heavy atom. The second kappa shape index (κ2) is 6.28. The Morgan fingerprint density at radius 1 is 1.39 bits per heavy atom. The highest BCUT2D eigenvalue weighted by atomic mass is 35.5. The molecule has 2 aromatic heterocycles. The molecule has 0 spiro atoms. The second-order valence-corrected chi connectivity index (χ2v) is 4.63. The Labute approximate surface area is 134 Å². The molecule has 0 aliphatic heterocycles. The molecule has 23 heavy (non-hydrogen) atoms. The van der Waals surface area contributed by atoms with Crippen LogP contribution in [0.5, 0.6) is 0 Å². The van der Waals surface area contributed by atoms with Gasteiger partial charge in [-0.1, -0.05) is 11.6 Å². The summed E-state index contributed by atoms with van der Waals surface area (Å²) in [7, 11) is 0. The minimum Gasteiger partial charge on any atom is -0.478 e. The molecule has 116 valence electrons. The Kier molecular flexibility index (Phi) is 4.02. The van der Waals surface area contributed by atoms with Gasteiger partial charge < -0.3 is 30.2 Å². The average Bonchev–Trinajstić information content (AvgIpc) is 3.19. The zero-order chi connectivity index (χ0) is 16.2. The second-order valence-electron chi connectivity index (χ2n) is 4.23. The molecule has 0 unspecified atom stereocenters. The number of furan rings is 1. The summed E-state index contributed by atoms with van der Waals surface area (Å²) in [4.78, 5) is 11.1. The molecular weight excluding hydrogens is 324 g/mol. The van der Waals surface area contributed by atoms with Gasteiger partial charge in [-0.3, -0.25) is 0 Å². The number of nitrogens with zero attached hydrogens (tertiary/aromatic N) is 6. The van der Waals surface area contributed by atoms with Crippen LogP contribution >= 0.6 is 11.6 Å². The van der Waals surface area contributed by atoms with Crippen LogP contribution in [-0.4, -0.2) is 32.8 Å². The highest BCUT2D eigenvalue weighted by Crippen LogP contribution is 2.26. The molecule has 0 saturated carbocycles. The maximum Gasteiger partial charge on any atom is 0.337 e. The highest BCUT2D eigenvalue weighted by Gasteiger charge is 2.12. The first-order valence-corrected chi connectivity index (χ1v) is 6.57. The number of halogens is 1. The van der Waals surface area contributed by atoms with Crippen molar-refractivity contribution in [2.24, 2.45) is 5.10 Å². The molecule has 0 aliphatic rings. The molecule has 0 bridgehead atoms. The van der Waals surface area contributed by atoms with Crippen LogP contribution in [0.25, 0.3) is 16.7 Å². The minimum absolute atomic E-state index is 0.000796. The first-order chi connectivity index (χ1) is 11.1. The van der Waals surface area contributed by atoms with E-state index in [0.717, 1.165) is 0 Å². The molecule has 2 heterocycles. The van der Waals surface area contributed by atoms with E-state index < -0.39 is 5.97 Å². The fourth-order valence-corrected chi connectivity index (χ4v) is 1.94. The van der Waals surface area contributed by atoms with Crippen molar-refractivity contribution < 1.29 is 14.3 Å². The van der Waals surface area contributed by atoms with E-state index in [4.69, 9.17) is 21.1 Å². The van der Waals surface area contributed by atoms with E-state index in [9.17, 15) is 4.79 Å². The Hall–Kier alpha value is -3.20. The van der Waals surface area contributed by atoms with E-state index in [1.807, 2.05) is 0 Å². The van der Waals surface area contributed by atoms with Crippen molar-refractivity contribution in [2.75, 3.05) is 0 Å². The van der Waals surface area contributed by atoms with Crippen LogP contribution in [0.2, 0.25) is 5.02 Å². The summed E-state index contributed by atoms with van der Waals surface area (Å²) in [6, 6.07) is 7.93. The monoisotopic (exact) mass is 330 g/mol. The van der Waals surface area contributed by atoms with Gasteiger partial charge in [-0.25, -0.2) is 15.2 Å². The van der Waals surface area contributed by atoms with Crippen LogP contribution in [0.15, 0.2) is 39.9 Å². The SMILES string of the molecule is O=C(O)c1cc(-c2ccc(/C=N\[N-]c3nnn[n-]3)o2)ccc1Cl. The van der Waals surface area contributed by atoms with E-state index in [2.05, 4.69) is 31.2 Å². The average molecular weight is 331 g/mol. The molecule has 3 rings (SSSR count). The third kappa shape index (κ3) is 3.35. The van der Waals surface area contributed by atoms with Crippen molar-refractivity contribution >= 4 is 29.7 Å². The van der Waals surface area contributed by atoms with E-state index in [1.165, 1.54) is 18.3 Å². The molecule has 1 aromatic carbocycles. The molecule has 0 fully saturated rings. The number of aromatic nitrogens is 4. The van der Waals surface area contributed by atoms with Gasteiger partial charge in [0.15, 0.2) is 0 Å². The van der Waals surface area contributed by atoms with E-state index in [0.29, 0.717) is 17.1 Å². The van der Waals surface area contributed by atoms with Crippen molar-refractivity contribution in [2.45, 2.75) is 0 Å². The summed E-state index contributed by atoms with van der Waals surface area (Å²) in [6.45, 7) is 0. The zero-order valence-electron chi connectivity index (χ0n) is 11.3. The first-order valence-electron chi connectivity index (χ1n) is 6.19. The number of aromatic carboxylic acids is 1. The molecule has 0 saturated heterocycles. The quantitative estimate of drug-likeness (QED) is 0.561.